The van der Waals surface area contributed by atoms with Crippen LogP contribution in [0, 0.1) is 0 Å². The van der Waals surface area contributed by atoms with Crippen molar-refractivity contribution in [2.45, 2.75) is 25.2 Å². The Bertz CT molecular complexity index is 322. The van der Waals surface area contributed by atoms with Gasteiger partial charge in [0.1, 0.15) is 5.76 Å². The third-order valence-corrected chi connectivity index (χ3v) is 2.18. The van der Waals surface area contributed by atoms with Crippen LogP contribution in [0.25, 0.3) is 0 Å². The number of carbonyl (C=O) groups excluding carboxylic acids is 1. The van der Waals surface area contributed by atoms with E-state index in [1.54, 1.807) is 6.07 Å². The molecule has 0 aromatic carbocycles. The van der Waals surface area contributed by atoms with Crippen LogP contribution in [-0.4, -0.2) is 11.2 Å². The average molecular weight is 164 g/mol. The zero-order valence-electron chi connectivity index (χ0n) is 6.49. The van der Waals surface area contributed by atoms with Gasteiger partial charge in [0, 0.05) is 12.0 Å². The molecule has 0 saturated heterocycles. The molecule has 0 unspecified atom stereocenters. The first-order valence-electron chi connectivity index (χ1n) is 3.94. The van der Waals surface area contributed by atoms with Crippen LogP contribution in [0.3, 0.4) is 0 Å². The van der Waals surface area contributed by atoms with Gasteiger partial charge in [0.05, 0.1) is 0 Å². The molecule has 0 amide bonds. The lowest BCUT2D eigenvalue weighted by Gasteiger charge is -2.21. The second-order valence-corrected chi connectivity index (χ2v) is 2.92. The van der Waals surface area contributed by atoms with Crippen molar-refractivity contribution < 1.29 is 9.32 Å². The smallest absolute Gasteiger partial charge is 0.242 e. The molecule has 1 saturated carbocycles. The second kappa shape index (κ2) is 2.91. The van der Waals surface area contributed by atoms with Gasteiger partial charge < -0.3 is 4.52 Å². The fraction of sp³-hybridized carbons (Fsp3) is 0.500. The standard InChI is InChI=1S/C8H8N2O2/c11-5-9-8-4-7(12-10-8)6-2-1-3-6/h4,6H,1-3H2. The molecule has 12 heavy (non-hydrogen) atoms. The van der Waals surface area contributed by atoms with E-state index in [-0.39, 0.29) is 0 Å². The topological polar surface area (TPSA) is 55.5 Å². The minimum Gasteiger partial charge on any atom is -0.359 e. The molecule has 4 nitrogen and oxygen atoms in total. The van der Waals surface area contributed by atoms with E-state index in [4.69, 9.17) is 4.52 Å². The first-order valence-corrected chi connectivity index (χ1v) is 3.94. The van der Waals surface area contributed by atoms with Gasteiger partial charge in [-0.25, -0.2) is 4.79 Å². The number of rotatable bonds is 2. The molecule has 0 radical (unpaired) electrons. The van der Waals surface area contributed by atoms with Crippen LogP contribution in [0.15, 0.2) is 15.6 Å². The van der Waals surface area contributed by atoms with E-state index in [2.05, 4.69) is 10.1 Å². The van der Waals surface area contributed by atoms with Crippen LogP contribution in [-0.2, 0) is 4.79 Å². The zero-order chi connectivity index (χ0) is 8.39. The largest absolute Gasteiger partial charge is 0.359 e. The number of isocyanates is 1. The quantitative estimate of drug-likeness (QED) is 0.495. The maximum Gasteiger partial charge on any atom is 0.242 e. The summed E-state index contributed by atoms with van der Waals surface area (Å²) in [4.78, 5) is 13.2. The van der Waals surface area contributed by atoms with E-state index in [0.29, 0.717) is 11.7 Å². The molecule has 0 N–H and O–H groups in total. The van der Waals surface area contributed by atoms with Crippen LogP contribution in [0.1, 0.15) is 30.9 Å². The van der Waals surface area contributed by atoms with E-state index < -0.39 is 0 Å². The Labute approximate surface area is 69.3 Å². The normalized spacial score (nSPS) is 16.7. The van der Waals surface area contributed by atoms with Crippen molar-refractivity contribution in [3.05, 3.63) is 11.8 Å². The van der Waals surface area contributed by atoms with E-state index in [0.717, 1.165) is 18.6 Å². The van der Waals surface area contributed by atoms with Crippen molar-refractivity contribution in [1.29, 1.82) is 0 Å². The Morgan fingerprint density at radius 3 is 3.08 bits per heavy atom. The van der Waals surface area contributed by atoms with Gasteiger partial charge in [-0.3, -0.25) is 0 Å². The van der Waals surface area contributed by atoms with E-state index >= 15 is 0 Å². The SMILES string of the molecule is O=C=Nc1cc(C2CCC2)on1. The van der Waals surface area contributed by atoms with Crippen molar-refractivity contribution in [3.63, 3.8) is 0 Å². The molecule has 1 aromatic rings. The summed E-state index contributed by atoms with van der Waals surface area (Å²) in [7, 11) is 0. The predicted octanol–water partition coefficient (Wildman–Crippen LogP) is 1.91. The maximum absolute atomic E-state index is 9.86. The summed E-state index contributed by atoms with van der Waals surface area (Å²) in [6, 6.07) is 1.70. The number of hydrogen-bond donors (Lipinski definition) is 0. The highest BCUT2D eigenvalue weighted by Gasteiger charge is 2.23. The summed E-state index contributed by atoms with van der Waals surface area (Å²) < 4.78 is 5.00. The van der Waals surface area contributed by atoms with Gasteiger partial charge in [0.25, 0.3) is 0 Å². The molecule has 1 fully saturated rings. The van der Waals surface area contributed by atoms with Crippen molar-refractivity contribution >= 4 is 11.9 Å². The molecule has 0 bridgehead atoms. The maximum atomic E-state index is 9.86. The van der Waals surface area contributed by atoms with Gasteiger partial charge in [-0.05, 0) is 12.8 Å². The summed E-state index contributed by atoms with van der Waals surface area (Å²) in [5, 5.41) is 3.60. The lowest BCUT2D eigenvalue weighted by atomic mass is 9.84. The molecular weight excluding hydrogens is 156 g/mol. The molecule has 62 valence electrons. The number of aromatic nitrogens is 1. The van der Waals surface area contributed by atoms with Gasteiger partial charge in [0.2, 0.25) is 11.9 Å². The highest BCUT2D eigenvalue weighted by molar-refractivity contribution is 5.44. The first kappa shape index (κ1) is 7.25. The Balaban J connectivity index is 2.17. The predicted molar refractivity (Wildman–Crippen MR) is 40.9 cm³/mol. The fourth-order valence-corrected chi connectivity index (χ4v) is 1.26. The molecule has 2 rings (SSSR count). The Morgan fingerprint density at radius 1 is 1.67 bits per heavy atom. The van der Waals surface area contributed by atoms with Crippen LogP contribution in [0.5, 0.6) is 0 Å². The van der Waals surface area contributed by atoms with E-state index in [9.17, 15) is 4.79 Å². The average Bonchev–Trinajstić information content (AvgIpc) is 2.34. The molecule has 1 heterocycles. The van der Waals surface area contributed by atoms with Crippen molar-refractivity contribution in [1.82, 2.24) is 5.16 Å². The van der Waals surface area contributed by atoms with Gasteiger partial charge in [0.15, 0.2) is 0 Å². The van der Waals surface area contributed by atoms with E-state index in [1.807, 2.05) is 0 Å². The van der Waals surface area contributed by atoms with Gasteiger partial charge in [-0.2, -0.15) is 0 Å². The van der Waals surface area contributed by atoms with Crippen LogP contribution in [0.4, 0.5) is 5.82 Å². The van der Waals surface area contributed by atoms with Gasteiger partial charge in [-0.1, -0.05) is 11.6 Å². The van der Waals surface area contributed by atoms with Crippen LogP contribution < -0.4 is 0 Å². The fourth-order valence-electron chi connectivity index (χ4n) is 1.26. The van der Waals surface area contributed by atoms with Crippen molar-refractivity contribution in [2.24, 2.45) is 4.99 Å². The van der Waals surface area contributed by atoms with Crippen molar-refractivity contribution in [3.8, 4) is 0 Å². The molecule has 0 atom stereocenters. The number of nitrogens with zero attached hydrogens (tertiary/aromatic N) is 2. The summed E-state index contributed by atoms with van der Waals surface area (Å²) in [5.41, 5.74) is 0. The molecule has 4 heteroatoms. The molecule has 0 aliphatic heterocycles. The summed E-state index contributed by atoms with van der Waals surface area (Å²) in [5.74, 6) is 1.66. The Morgan fingerprint density at radius 2 is 2.50 bits per heavy atom. The molecule has 0 spiro atoms. The van der Waals surface area contributed by atoms with Crippen LogP contribution in [0.2, 0.25) is 0 Å². The highest BCUT2D eigenvalue weighted by atomic mass is 16.5. The molecule has 1 aliphatic rings. The zero-order valence-corrected chi connectivity index (χ0v) is 6.49. The summed E-state index contributed by atoms with van der Waals surface area (Å²) in [6.45, 7) is 0. The Kier molecular flexibility index (Phi) is 1.76. The Hall–Kier alpha value is -1.41. The number of aliphatic imine (C=N–C) groups is 1. The number of hydrogen-bond acceptors (Lipinski definition) is 4. The van der Waals surface area contributed by atoms with Gasteiger partial charge in [-0.15, -0.1) is 4.99 Å². The molecule has 1 aromatic heterocycles. The third-order valence-electron chi connectivity index (χ3n) is 2.18. The van der Waals surface area contributed by atoms with Gasteiger partial charge >= 0.3 is 0 Å². The first-order chi connectivity index (χ1) is 5.90. The molecule has 1 aliphatic carbocycles. The minimum absolute atomic E-state index is 0.326. The lowest BCUT2D eigenvalue weighted by Crippen LogP contribution is -2.07. The monoisotopic (exact) mass is 164 g/mol. The minimum atomic E-state index is 0.326. The summed E-state index contributed by atoms with van der Waals surface area (Å²) in [6.07, 6.45) is 4.98. The second-order valence-electron chi connectivity index (χ2n) is 2.92. The summed E-state index contributed by atoms with van der Waals surface area (Å²) >= 11 is 0. The van der Waals surface area contributed by atoms with Crippen LogP contribution >= 0.6 is 0 Å². The van der Waals surface area contributed by atoms with Crippen molar-refractivity contribution in [2.75, 3.05) is 0 Å². The lowest BCUT2D eigenvalue weighted by molar-refractivity contribution is 0.301. The molecular formula is C8H8N2O2. The highest BCUT2D eigenvalue weighted by Crippen LogP contribution is 2.37. The van der Waals surface area contributed by atoms with E-state index in [1.165, 1.54) is 12.5 Å². The third kappa shape index (κ3) is 1.17.